The summed E-state index contributed by atoms with van der Waals surface area (Å²) >= 11 is 0. The Bertz CT molecular complexity index is 691. The maximum absolute atomic E-state index is 13.2. The summed E-state index contributed by atoms with van der Waals surface area (Å²) in [5.41, 5.74) is 4.52. The number of nitrogens with two attached hydrogens (primary N) is 1. The Morgan fingerprint density at radius 1 is 1.22 bits per heavy atom. The molecule has 0 spiro atoms. The van der Waals surface area contributed by atoms with Gasteiger partial charge in [-0.2, -0.15) is 13.2 Å². The second-order valence-corrected chi connectivity index (χ2v) is 6.67. The van der Waals surface area contributed by atoms with E-state index in [1.54, 1.807) is 0 Å². The van der Waals surface area contributed by atoms with Gasteiger partial charge in [0.25, 0.3) is 5.91 Å². The lowest BCUT2D eigenvalue weighted by atomic mass is 9.94. The number of nitrogens with zero attached hydrogens (tertiary/aromatic N) is 1. The van der Waals surface area contributed by atoms with Gasteiger partial charge in [0.2, 0.25) is 5.91 Å². The summed E-state index contributed by atoms with van der Waals surface area (Å²) in [7, 11) is 0. The first kappa shape index (κ1) is 23.2. The van der Waals surface area contributed by atoms with Crippen molar-refractivity contribution in [2.45, 2.75) is 51.2 Å². The number of rotatable bonds is 6. The van der Waals surface area contributed by atoms with Gasteiger partial charge in [-0.05, 0) is 37.5 Å². The summed E-state index contributed by atoms with van der Waals surface area (Å²) in [5, 5.41) is 2.61. The van der Waals surface area contributed by atoms with Crippen LogP contribution < -0.4 is 16.0 Å². The zero-order chi connectivity index (χ0) is 19.5. The van der Waals surface area contributed by atoms with Crippen molar-refractivity contribution in [3.05, 3.63) is 29.3 Å². The molecule has 0 radical (unpaired) electrons. The van der Waals surface area contributed by atoms with Crippen molar-refractivity contribution in [1.29, 1.82) is 0 Å². The molecule has 0 atom stereocenters. The van der Waals surface area contributed by atoms with Crippen LogP contribution in [0.4, 0.5) is 18.9 Å². The zero-order valence-corrected chi connectivity index (χ0v) is 16.2. The number of anilines is 1. The zero-order valence-electron chi connectivity index (χ0n) is 15.4. The van der Waals surface area contributed by atoms with E-state index in [-0.39, 0.29) is 36.1 Å². The highest BCUT2D eigenvalue weighted by Crippen LogP contribution is 2.34. The molecule has 5 nitrogen and oxygen atoms in total. The quantitative estimate of drug-likeness (QED) is 0.757. The number of carbonyl (C=O) groups excluding carboxylic acids is 2. The summed E-state index contributed by atoms with van der Waals surface area (Å²) in [6.07, 6.45) is -2.49. The molecule has 0 aliphatic carbocycles. The molecule has 1 aromatic carbocycles. The van der Waals surface area contributed by atoms with Crippen LogP contribution in [-0.4, -0.2) is 30.4 Å². The standard InChI is InChI=1S/C18H24F3N3O2.ClH/c1-3-17(22,4-2)11-23-16(26)12-8-13(18(19,20)21)10-14(9-12)24-7-5-6-15(24)25;/h8-10H,3-7,11,22H2,1-2H3,(H,23,26);1H. The minimum Gasteiger partial charge on any atom is -0.350 e. The molecule has 1 aliphatic rings. The molecule has 152 valence electrons. The second-order valence-electron chi connectivity index (χ2n) is 6.67. The SMILES string of the molecule is CCC(N)(CC)CNC(=O)c1cc(N2CCCC2=O)cc(C(F)(F)F)c1.Cl. The Kier molecular flexibility index (Phi) is 7.68. The van der Waals surface area contributed by atoms with Crippen LogP contribution in [0, 0.1) is 0 Å². The largest absolute Gasteiger partial charge is 0.416 e. The van der Waals surface area contributed by atoms with Crippen molar-refractivity contribution in [2.75, 3.05) is 18.0 Å². The molecule has 0 bridgehead atoms. The molecule has 0 saturated carbocycles. The Balaban J connectivity index is 0.00000364. The van der Waals surface area contributed by atoms with Crippen molar-refractivity contribution in [3.63, 3.8) is 0 Å². The smallest absolute Gasteiger partial charge is 0.350 e. The van der Waals surface area contributed by atoms with Crippen molar-refractivity contribution in [2.24, 2.45) is 5.73 Å². The number of amides is 2. The summed E-state index contributed by atoms with van der Waals surface area (Å²) in [4.78, 5) is 25.6. The first-order chi connectivity index (χ1) is 12.1. The van der Waals surface area contributed by atoms with Gasteiger partial charge in [-0.3, -0.25) is 9.59 Å². The third-order valence-corrected chi connectivity index (χ3v) is 4.90. The van der Waals surface area contributed by atoms with E-state index in [1.807, 2.05) is 13.8 Å². The fraction of sp³-hybridized carbons (Fsp3) is 0.556. The number of hydrogen-bond donors (Lipinski definition) is 2. The van der Waals surface area contributed by atoms with Gasteiger partial charge in [0.1, 0.15) is 0 Å². The van der Waals surface area contributed by atoms with Gasteiger partial charge < -0.3 is 16.0 Å². The number of halogens is 4. The average Bonchev–Trinajstić information content (AvgIpc) is 3.04. The maximum Gasteiger partial charge on any atom is 0.416 e. The Labute approximate surface area is 162 Å². The number of alkyl halides is 3. The molecular formula is C18H25ClF3N3O2. The summed E-state index contributed by atoms with van der Waals surface area (Å²) in [6.45, 7) is 4.28. The molecule has 1 aromatic rings. The predicted octanol–water partition coefficient (Wildman–Crippen LogP) is 3.50. The van der Waals surface area contributed by atoms with Crippen molar-refractivity contribution < 1.29 is 22.8 Å². The minimum atomic E-state index is -4.61. The molecule has 9 heteroatoms. The highest BCUT2D eigenvalue weighted by atomic mass is 35.5. The van der Waals surface area contributed by atoms with Gasteiger partial charge in [-0.15, -0.1) is 12.4 Å². The van der Waals surface area contributed by atoms with Gasteiger partial charge >= 0.3 is 6.18 Å². The monoisotopic (exact) mass is 407 g/mol. The first-order valence-corrected chi connectivity index (χ1v) is 8.69. The Morgan fingerprint density at radius 2 is 1.85 bits per heavy atom. The third kappa shape index (κ3) is 5.59. The van der Waals surface area contributed by atoms with E-state index in [9.17, 15) is 22.8 Å². The van der Waals surface area contributed by atoms with Gasteiger partial charge in [0.15, 0.2) is 0 Å². The highest BCUT2D eigenvalue weighted by Gasteiger charge is 2.33. The molecule has 27 heavy (non-hydrogen) atoms. The molecule has 1 aliphatic heterocycles. The van der Waals surface area contributed by atoms with E-state index >= 15 is 0 Å². The van der Waals surface area contributed by atoms with E-state index < -0.39 is 23.2 Å². The van der Waals surface area contributed by atoms with Crippen LogP contribution in [0.2, 0.25) is 0 Å². The van der Waals surface area contributed by atoms with Crippen LogP contribution in [0.3, 0.4) is 0 Å². The van der Waals surface area contributed by atoms with Crippen LogP contribution in [0.25, 0.3) is 0 Å². The summed E-state index contributed by atoms with van der Waals surface area (Å²) in [6, 6.07) is 3.03. The number of benzene rings is 1. The fourth-order valence-electron chi connectivity index (χ4n) is 2.84. The Morgan fingerprint density at radius 3 is 2.33 bits per heavy atom. The van der Waals surface area contributed by atoms with Crippen molar-refractivity contribution in [3.8, 4) is 0 Å². The number of hydrogen-bond acceptors (Lipinski definition) is 3. The molecule has 1 fully saturated rings. The molecule has 2 amide bonds. The predicted molar refractivity (Wildman–Crippen MR) is 100 cm³/mol. The minimum absolute atomic E-state index is 0. The third-order valence-electron chi connectivity index (χ3n) is 4.90. The van der Waals surface area contributed by atoms with Crippen molar-refractivity contribution in [1.82, 2.24) is 5.32 Å². The van der Waals surface area contributed by atoms with E-state index in [0.717, 1.165) is 12.1 Å². The molecule has 2 rings (SSSR count). The van der Waals surface area contributed by atoms with Gasteiger partial charge in [0, 0.05) is 36.3 Å². The van der Waals surface area contributed by atoms with Crippen LogP contribution >= 0.6 is 12.4 Å². The molecule has 0 aromatic heterocycles. The van der Waals surface area contributed by atoms with Gasteiger partial charge in [0.05, 0.1) is 5.56 Å². The summed E-state index contributed by atoms with van der Waals surface area (Å²) < 4.78 is 39.7. The average molecular weight is 408 g/mol. The lowest BCUT2D eigenvalue weighted by Gasteiger charge is -2.27. The maximum atomic E-state index is 13.2. The molecule has 0 unspecified atom stereocenters. The molecule has 1 heterocycles. The molecule has 1 saturated heterocycles. The molecular weight excluding hydrogens is 383 g/mol. The van der Waals surface area contributed by atoms with Crippen LogP contribution in [0.5, 0.6) is 0 Å². The first-order valence-electron chi connectivity index (χ1n) is 8.69. The van der Waals surface area contributed by atoms with E-state index in [2.05, 4.69) is 5.32 Å². The number of carbonyl (C=O) groups is 2. The van der Waals surface area contributed by atoms with E-state index in [4.69, 9.17) is 5.73 Å². The Hall–Kier alpha value is -1.80. The topological polar surface area (TPSA) is 75.4 Å². The van der Waals surface area contributed by atoms with Crippen LogP contribution in [-0.2, 0) is 11.0 Å². The van der Waals surface area contributed by atoms with Crippen LogP contribution in [0.1, 0.15) is 55.5 Å². The van der Waals surface area contributed by atoms with E-state index in [1.165, 1.54) is 11.0 Å². The number of nitrogens with one attached hydrogen (secondary N) is 1. The summed E-state index contributed by atoms with van der Waals surface area (Å²) in [5.74, 6) is -0.880. The van der Waals surface area contributed by atoms with Gasteiger partial charge in [-0.1, -0.05) is 13.8 Å². The van der Waals surface area contributed by atoms with Crippen molar-refractivity contribution >= 4 is 29.9 Å². The lowest BCUT2D eigenvalue weighted by molar-refractivity contribution is -0.137. The van der Waals surface area contributed by atoms with Crippen LogP contribution in [0.15, 0.2) is 18.2 Å². The van der Waals surface area contributed by atoms with E-state index in [0.29, 0.717) is 32.2 Å². The molecule has 3 N–H and O–H groups in total. The highest BCUT2D eigenvalue weighted by molar-refractivity contribution is 5.99. The fourth-order valence-corrected chi connectivity index (χ4v) is 2.84. The van der Waals surface area contributed by atoms with Gasteiger partial charge in [-0.25, -0.2) is 0 Å². The second kappa shape index (κ2) is 8.93. The lowest BCUT2D eigenvalue weighted by Crippen LogP contribution is -2.49. The normalized spacial score (nSPS) is 14.9.